The van der Waals surface area contributed by atoms with Crippen LogP contribution >= 0.6 is 0 Å². The number of piperidine rings is 1. The molecular formula is C36H34FN9O7. The van der Waals surface area contributed by atoms with Gasteiger partial charge in [0.05, 0.1) is 23.9 Å². The predicted molar refractivity (Wildman–Crippen MR) is 188 cm³/mol. The first kappa shape index (κ1) is 33.9. The predicted octanol–water partition coefficient (Wildman–Crippen LogP) is 1.34. The molecule has 0 saturated carbocycles. The van der Waals surface area contributed by atoms with E-state index in [1.54, 1.807) is 47.4 Å². The molecule has 8 rings (SSSR count). The number of benzene rings is 2. The number of imide groups is 2. The summed E-state index contributed by atoms with van der Waals surface area (Å²) in [5, 5.41) is 5.85. The van der Waals surface area contributed by atoms with Gasteiger partial charge in [-0.1, -0.05) is 0 Å². The van der Waals surface area contributed by atoms with Crippen molar-refractivity contribution in [1.82, 2.24) is 30.0 Å². The smallest absolute Gasteiger partial charge is 0.336 e. The van der Waals surface area contributed by atoms with E-state index in [4.69, 9.17) is 4.42 Å². The van der Waals surface area contributed by atoms with Crippen molar-refractivity contribution in [2.75, 3.05) is 74.0 Å². The molecule has 17 heteroatoms. The molecule has 0 bridgehead atoms. The van der Waals surface area contributed by atoms with Crippen LogP contribution in [0, 0.1) is 5.82 Å². The SMILES string of the molecule is O=C1CCC(N2C(=O)c3ccc(N4CCN(CC(=O)N5CCN(c6ncc(F)c(Nc7ccc8oc(=O)ccc8c7)n6)CC5)CC4)cc3C2=O)C(=O)N1. The fourth-order valence-electron chi connectivity index (χ4n) is 7.15. The monoisotopic (exact) mass is 723 g/mol. The fraction of sp³-hybridized carbons (Fsp3) is 0.333. The number of halogens is 1. The standard InChI is InChI=1S/C36H34FN9O7/c37-26-19-38-36(41-32(26)39-22-2-6-28-21(17-22)1-8-31(49)53-28)45-15-13-44(14-16-45)30(48)20-42-9-11-43(12-10-42)23-3-4-24-25(18-23)35(52)46(34(24)51)27-5-7-29(47)40-33(27)50/h1-4,6,8,17-19,27H,5,7,9-16,20H2,(H,38,39,41)(H,40,47,50). The summed E-state index contributed by atoms with van der Waals surface area (Å²) in [5.41, 5.74) is 1.75. The third-order valence-electron chi connectivity index (χ3n) is 10.0. The molecule has 1 unspecified atom stereocenters. The van der Waals surface area contributed by atoms with E-state index in [1.165, 1.54) is 6.07 Å². The Morgan fingerprint density at radius 1 is 0.868 bits per heavy atom. The number of carbonyl (C=O) groups is 5. The van der Waals surface area contributed by atoms with Crippen LogP contribution < -0.4 is 26.1 Å². The Bertz CT molecular complexity index is 2230. The van der Waals surface area contributed by atoms with Crippen LogP contribution in [0.15, 0.2) is 63.9 Å². The van der Waals surface area contributed by atoms with Crippen molar-refractivity contribution < 1.29 is 32.8 Å². The summed E-state index contributed by atoms with van der Waals surface area (Å²) in [6.45, 7) is 4.54. The number of nitrogens with one attached hydrogen (secondary N) is 2. The van der Waals surface area contributed by atoms with Gasteiger partial charge < -0.3 is 24.4 Å². The zero-order valence-corrected chi connectivity index (χ0v) is 28.4. The maximum Gasteiger partial charge on any atom is 0.336 e. The van der Waals surface area contributed by atoms with Gasteiger partial charge in [-0.15, -0.1) is 0 Å². The van der Waals surface area contributed by atoms with Crippen LogP contribution in [-0.4, -0.2) is 119 Å². The van der Waals surface area contributed by atoms with Gasteiger partial charge in [-0.25, -0.2) is 14.2 Å². The molecule has 2 N–H and O–H groups in total. The van der Waals surface area contributed by atoms with Gasteiger partial charge in [-0.3, -0.25) is 39.1 Å². The van der Waals surface area contributed by atoms with Crippen LogP contribution in [0.25, 0.3) is 11.0 Å². The van der Waals surface area contributed by atoms with Crippen molar-refractivity contribution in [3.05, 3.63) is 82.1 Å². The van der Waals surface area contributed by atoms with Crippen LogP contribution in [0.2, 0.25) is 0 Å². The second-order valence-electron chi connectivity index (χ2n) is 13.3. The van der Waals surface area contributed by atoms with Crippen molar-refractivity contribution in [2.45, 2.75) is 18.9 Å². The van der Waals surface area contributed by atoms with Gasteiger partial charge in [0.2, 0.25) is 23.7 Å². The largest absolute Gasteiger partial charge is 0.423 e. The summed E-state index contributed by atoms with van der Waals surface area (Å²) in [6, 6.07) is 12.0. The van der Waals surface area contributed by atoms with E-state index in [2.05, 4.69) is 30.4 Å². The highest BCUT2D eigenvalue weighted by molar-refractivity contribution is 6.23. The second kappa shape index (κ2) is 13.7. The highest BCUT2D eigenvalue weighted by atomic mass is 19.1. The molecule has 0 radical (unpaired) electrons. The van der Waals surface area contributed by atoms with Gasteiger partial charge in [0.25, 0.3) is 11.8 Å². The molecule has 16 nitrogen and oxygen atoms in total. The van der Waals surface area contributed by atoms with Gasteiger partial charge >= 0.3 is 5.63 Å². The van der Waals surface area contributed by atoms with E-state index >= 15 is 0 Å². The molecule has 2 aromatic heterocycles. The van der Waals surface area contributed by atoms with Gasteiger partial charge in [0, 0.05) is 81.6 Å². The average molecular weight is 724 g/mol. The number of carbonyl (C=O) groups excluding carboxylic acids is 5. The number of piperazine rings is 2. The van der Waals surface area contributed by atoms with Crippen LogP contribution in [0.4, 0.5) is 27.5 Å². The van der Waals surface area contributed by atoms with Crippen LogP contribution in [0.3, 0.4) is 0 Å². The lowest BCUT2D eigenvalue weighted by molar-refractivity contribution is -0.136. The van der Waals surface area contributed by atoms with Crippen molar-refractivity contribution in [3.8, 4) is 0 Å². The van der Waals surface area contributed by atoms with E-state index in [9.17, 15) is 33.2 Å². The number of anilines is 4. The highest BCUT2D eigenvalue weighted by Gasteiger charge is 2.45. The number of fused-ring (bicyclic) bond motifs is 2. The van der Waals surface area contributed by atoms with Crippen LogP contribution in [0.1, 0.15) is 33.6 Å². The zero-order chi connectivity index (χ0) is 36.8. The molecule has 0 aliphatic carbocycles. The summed E-state index contributed by atoms with van der Waals surface area (Å²) >= 11 is 0. The Balaban J connectivity index is 0.829. The van der Waals surface area contributed by atoms with E-state index < -0.39 is 41.1 Å². The van der Waals surface area contributed by atoms with Gasteiger partial charge in [0.1, 0.15) is 11.6 Å². The summed E-state index contributed by atoms with van der Waals surface area (Å²) in [6.07, 6.45) is 1.26. The quantitative estimate of drug-likeness (QED) is 0.206. The maximum absolute atomic E-state index is 14.7. The maximum atomic E-state index is 14.7. The molecule has 4 aliphatic rings. The molecule has 4 aliphatic heterocycles. The second-order valence-corrected chi connectivity index (χ2v) is 13.3. The number of hydrogen-bond acceptors (Lipinski definition) is 13. The van der Waals surface area contributed by atoms with E-state index in [0.29, 0.717) is 75.0 Å². The average Bonchev–Trinajstić information content (AvgIpc) is 3.41. The van der Waals surface area contributed by atoms with E-state index in [1.807, 2.05) is 4.90 Å². The van der Waals surface area contributed by atoms with Gasteiger partial charge in [0.15, 0.2) is 11.6 Å². The Kier molecular flexibility index (Phi) is 8.77. The lowest BCUT2D eigenvalue weighted by atomic mass is 10.0. The first-order chi connectivity index (χ1) is 25.6. The van der Waals surface area contributed by atoms with Crippen molar-refractivity contribution in [1.29, 1.82) is 0 Å². The molecule has 2 aromatic carbocycles. The first-order valence-electron chi connectivity index (χ1n) is 17.3. The topological polar surface area (TPSA) is 182 Å². The highest BCUT2D eigenvalue weighted by Crippen LogP contribution is 2.31. The molecule has 3 saturated heterocycles. The Hall–Kier alpha value is -6.23. The minimum atomic E-state index is -1.02. The van der Waals surface area contributed by atoms with Crippen molar-refractivity contribution in [3.63, 3.8) is 0 Å². The number of hydrogen-bond donors (Lipinski definition) is 2. The Morgan fingerprint density at radius 3 is 2.40 bits per heavy atom. The summed E-state index contributed by atoms with van der Waals surface area (Å²) in [5.74, 6) is -2.45. The first-order valence-corrected chi connectivity index (χ1v) is 17.3. The number of amides is 5. The summed E-state index contributed by atoms with van der Waals surface area (Å²) in [4.78, 5) is 92.5. The molecule has 0 spiro atoms. The van der Waals surface area contributed by atoms with Crippen LogP contribution in [-0.2, 0) is 14.4 Å². The third-order valence-corrected chi connectivity index (χ3v) is 10.0. The number of aromatic nitrogens is 2. The molecule has 3 fully saturated rings. The van der Waals surface area contributed by atoms with Gasteiger partial charge in [-0.2, -0.15) is 4.98 Å². The molecule has 4 aromatic rings. The van der Waals surface area contributed by atoms with Crippen molar-refractivity contribution >= 4 is 63.6 Å². The van der Waals surface area contributed by atoms with E-state index in [-0.39, 0.29) is 42.2 Å². The summed E-state index contributed by atoms with van der Waals surface area (Å²) < 4.78 is 19.9. The Labute approximate surface area is 301 Å². The fourth-order valence-corrected chi connectivity index (χ4v) is 7.15. The lowest BCUT2D eigenvalue weighted by Gasteiger charge is -2.38. The summed E-state index contributed by atoms with van der Waals surface area (Å²) in [7, 11) is 0. The van der Waals surface area contributed by atoms with E-state index in [0.717, 1.165) is 16.8 Å². The molecule has 272 valence electrons. The Morgan fingerprint density at radius 2 is 1.62 bits per heavy atom. The van der Waals surface area contributed by atoms with Crippen LogP contribution in [0.5, 0.6) is 0 Å². The molecule has 53 heavy (non-hydrogen) atoms. The van der Waals surface area contributed by atoms with Crippen molar-refractivity contribution in [2.24, 2.45) is 0 Å². The minimum Gasteiger partial charge on any atom is -0.423 e. The molecular weight excluding hydrogens is 689 g/mol. The van der Waals surface area contributed by atoms with Gasteiger partial charge in [-0.05, 0) is 48.9 Å². The zero-order valence-electron chi connectivity index (χ0n) is 28.4. The minimum absolute atomic E-state index is 0.00134. The number of rotatable bonds is 7. The lowest BCUT2D eigenvalue weighted by Crippen LogP contribution is -2.54. The third kappa shape index (κ3) is 6.66. The molecule has 1 atom stereocenters. The number of nitrogens with zero attached hydrogens (tertiary/aromatic N) is 7. The normalized spacial score (nSPS) is 19.5. The molecule has 6 heterocycles. The molecule has 5 amide bonds.